The van der Waals surface area contributed by atoms with Crippen LogP contribution in [0.4, 0.5) is 17.1 Å². The van der Waals surface area contributed by atoms with E-state index in [9.17, 15) is 30.1 Å². The Morgan fingerprint density at radius 3 is 1.83 bits per heavy atom. The summed E-state index contributed by atoms with van der Waals surface area (Å²) in [5.41, 5.74) is 0.131. The number of phenolic OH excluding ortho intramolecular Hbond substituents is 1. The summed E-state index contributed by atoms with van der Waals surface area (Å²) in [6, 6.07) is 5.74. The van der Waals surface area contributed by atoms with Crippen molar-refractivity contribution < 1.29 is 19.7 Å². The van der Waals surface area contributed by atoms with Crippen molar-refractivity contribution in [2.45, 2.75) is 13.8 Å². The van der Waals surface area contributed by atoms with Crippen molar-refractivity contribution in [2.24, 2.45) is 0 Å². The van der Waals surface area contributed by atoms with Gasteiger partial charge in [0.1, 0.15) is 5.75 Å². The van der Waals surface area contributed by atoms with E-state index in [1.165, 1.54) is 12.1 Å². The molecule has 0 atom stereocenters. The van der Waals surface area contributed by atoms with Gasteiger partial charge in [0.2, 0.25) is 0 Å². The first-order valence-corrected chi connectivity index (χ1v) is 6.74. The fourth-order valence-corrected chi connectivity index (χ4v) is 2.17. The van der Waals surface area contributed by atoms with Crippen LogP contribution in [0.5, 0.6) is 5.75 Å². The number of phenols is 1. The van der Waals surface area contributed by atoms with Crippen LogP contribution in [0.3, 0.4) is 0 Å². The monoisotopic (exact) mass is 331 g/mol. The van der Waals surface area contributed by atoms with Gasteiger partial charge in [0.05, 0.1) is 21.5 Å². The maximum absolute atomic E-state index is 12.3. The van der Waals surface area contributed by atoms with Gasteiger partial charge in [-0.1, -0.05) is 0 Å². The van der Waals surface area contributed by atoms with E-state index in [2.05, 4.69) is 5.32 Å². The summed E-state index contributed by atoms with van der Waals surface area (Å²) in [5.74, 6) is -0.634. The Bertz CT molecular complexity index is 807. The molecule has 0 aliphatic heterocycles. The summed E-state index contributed by atoms with van der Waals surface area (Å²) in [6.45, 7) is 3.30. The van der Waals surface area contributed by atoms with Crippen molar-refractivity contribution in [3.05, 3.63) is 67.3 Å². The molecule has 0 radical (unpaired) electrons. The molecule has 0 aliphatic rings. The molecule has 0 spiro atoms. The number of aryl methyl sites for hydroxylation is 2. The molecule has 2 N–H and O–H groups in total. The number of carbonyl (C=O) groups excluding carboxylic acids is 1. The van der Waals surface area contributed by atoms with E-state index in [0.717, 1.165) is 18.2 Å². The van der Waals surface area contributed by atoms with Crippen LogP contribution >= 0.6 is 0 Å². The van der Waals surface area contributed by atoms with Gasteiger partial charge in [0.25, 0.3) is 17.3 Å². The first-order valence-electron chi connectivity index (χ1n) is 6.74. The van der Waals surface area contributed by atoms with Gasteiger partial charge in [-0.2, -0.15) is 0 Å². The molecule has 24 heavy (non-hydrogen) atoms. The molecule has 9 heteroatoms. The van der Waals surface area contributed by atoms with Crippen LogP contribution in [0.15, 0.2) is 30.3 Å². The van der Waals surface area contributed by atoms with E-state index in [0.29, 0.717) is 16.8 Å². The van der Waals surface area contributed by atoms with Crippen LogP contribution < -0.4 is 5.32 Å². The highest BCUT2D eigenvalue weighted by molar-refractivity contribution is 6.05. The number of rotatable bonds is 4. The Labute approximate surface area is 135 Å². The van der Waals surface area contributed by atoms with E-state index in [4.69, 9.17) is 0 Å². The van der Waals surface area contributed by atoms with E-state index < -0.39 is 27.1 Å². The first-order chi connectivity index (χ1) is 11.2. The zero-order valence-electron chi connectivity index (χ0n) is 12.8. The lowest BCUT2D eigenvalue weighted by Crippen LogP contribution is -2.13. The quantitative estimate of drug-likeness (QED) is 0.502. The molecule has 0 saturated heterocycles. The lowest BCUT2D eigenvalue weighted by molar-refractivity contribution is -0.394. The van der Waals surface area contributed by atoms with Crippen LogP contribution in [0.25, 0.3) is 0 Å². The SMILES string of the molecule is Cc1cc(NC(=O)c2cc([N+](=O)[O-])cc([N+](=O)[O-])c2)cc(C)c1O. The summed E-state index contributed by atoms with van der Waals surface area (Å²) in [7, 11) is 0. The Balaban J connectivity index is 2.39. The van der Waals surface area contributed by atoms with E-state index in [1.54, 1.807) is 13.8 Å². The minimum absolute atomic E-state index is 0.0963. The maximum Gasteiger partial charge on any atom is 0.277 e. The smallest absolute Gasteiger partial charge is 0.277 e. The third kappa shape index (κ3) is 3.46. The number of hydrogen-bond acceptors (Lipinski definition) is 6. The number of nitro groups is 2. The second kappa shape index (κ2) is 6.32. The highest BCUT2D eigenvalue weighted by atomic mass is 16.6. The number of benzene rings is 2. The molecule has 0 unspecified atom stereocenters. The number of hydrogen-bond donors (Lipinski definition) is 2. The zero-order valence-corrected chi connectivity index (χ0v) is 12.8. The normalized spacial score (nSPS) is 10.2. The molecule has 2 aromatic carbocycles. The Morgan fingerprint density at radius 1 is 0.958 bits per heavy atom. The topological polar surface area (TPSA) is 136 Å². The standard InChI is InChI=1S/C15H13N3O6/c1-8-3-11(4-9(2)14(8)19)16-15(20)10-5-12(17(21)22)7-13(6-10)18(23)24/h3-7,19H,1-2H3,(H,16,20). The molecule has 9 nitrogen and oxygen atoms in total. The maximum atomic E-state index is 12.3. The summed E-state index contributed by atoms with van der Waals surface area (Å²) in [5, 5.41) is 33.9. The van der Waals surface area contributed by atoms with Gasteiger partial charge in [-0.15, -0.1) is 0 Å². The molecule has 124 valence electrons. The molecule has 2 aromatic rings. The van der Waals surface area contributed by atoms with Crippen molar-refractivity contribution in [1.82, 2.24) is 0 Å². The van der Waals surface area contributed by atoms with Crippen LogP contribution in [-0.4, -0.2) is 20.9 Å². The summed E-state index contributed by atoms with van der Waals surface area (Å²) in [4.78, 5) is 32.4. The Hall–Kier alpha value is -3.49. The van der Waals surface area contributed by atoms with Gasteiger partial charge in [-0.3, -0.25) is 25.0 Å². The fourth-order valence-electron chi connectivity index (χ4n) is 2.17. The number of nitrogens with one attached hydrogen (secondary N) is 1. The highest BCUT2D eigenvalue weighted by Crippen LogP contribution is 2.27. The minimum atomic E-state index is -0.807. The Kier molecular flexibility index (Phi) is 4.45. The van der Waals surface area contributed by atoms with Gasteiger partial charge in [-0.05, 0) is 37.1 Å². The highest BCUT2D eigenvalue weighted by Gasteiger charge is 2.20. The molecule has 2 rings (SSSR count). The summed E-state index contributed by atoms with van der Waals surface area (Å²) in [6.07, 6.45) is 0. The van der Waals surface area contributed by atoms with Crippen molar-refractivity contribution in [3.8, 4) is 5.75 Å². The molecule has 1 amide bonds. The molecule has 0 fully saturated rings. The average Bonchev–Trinajstić information content (AvgIpc) is 2.51. The molecular weight excluding hydrogens is 318 g/mol. The first kappa shape index (κ1) is 16.9. The van der Waals surface area contributed by atoms with Crippen molar-refractivity contribution in [1.29, 1.82) is 0 Å². The molecule has 0 aromatic heterocycles. The zero-order chi connectivity index (χ0) is 18.0. The van der Waals surface area contributed by atoms with Crippen LogP contribution in [0.2, 0.25) is 0 Å². The van der Waals surface area contributed by atoms with Crippen molar-refractivity contribution in [3.63, 3.8) is 0 Å². The van der Waals surface area contributed by atoms with Gasteiger partial charge < -0.3 is 10.4 Å². The lowest BCUT2D eigenvalue weighted by Gasteiger charge is -2.09. The predicted molar refractivity (Wildman–Crippen MR) is 85.3 cm³/mol. The Morgan fingerprint density at radius 2 is 1.42 bits per heavy atom. The number of nitro benzene ring substituents is 2. The molecule has 0 heterocycles. The molecule has 0 bridgehead atoms. The molecular formula is C15H13N3O6. The second-order valence-corrected chi connectivity index (χ2v) is 5.17. The minimum Gasteiger partial charge on any atom is -0.507 e. The number of amides is 1. The number of anilines is 1. The van der Waals surface area contributed by atoms with Crippen LogP contribution in [0.1, 0.15) is 21.5 Å². The third-order valence-corrected chi connectivity index (χ3v) is 3.34. The van der Waals surface area contributed by atoms with Crippen LogP contribution in [0, 0.1) is 34.1 Å². The summed E-state index contributed by atoms with van der Waals surface area (Å²) < 4.78 is 0. The number of nitrogens with zero attached hydrogens (tertiary/aromatic N) is 2. The van der Waals surface area contributed by atoms with E-state index >= 15 is 0 Å². The van der Waals surface area contributed by atoms with E-state index in [-0.39, 0.29) is 11.3 Å². The van der Waals surface area contributed by atoms with E-state index in [1.807, 2.05) is 0 Å². The van der Waals surface area contributed by atoms with Gasteiger partial charge in [0.15, 0.2) is 0 Å². The third-order valence-electron chi connectivity index (χ3n) is 3.34. The largest absolute Gasteiger partial charge is 0.507 e. The number of carbonyl (C=O) groups is 1. The average molecular weight is 331 g/mol. The van der Waals surface area contributed by atoms with Crippen molar-refractivity contribution >= 4 is 23.0 Å². The van der Waals surface area contributed by atoms with Crippen LogP contribution in [-0.2, 0) is 0 Å². The fraction of sp³-hybridized carbons (Fsp3) is 0.133. The van der Waals surface area contributed by atoms with Gasteiger partial charge in [-0.25, -0.2) is 0 Å². The summed E-state index contributed by atoms with van der Waals surface area (Å²) >= 11 is 0. The second-order valence-electron chi connectivity index (χ2n) is 5.17. The predicted octanol–water partition coefficient (Wildman–Crippen LogP) is 3.08. The molecule has 0 aliphatic carbocycles. The molecule has 0 saturated carbocycles. The van der Waals surface area contributed by atoms with Crippen molar-refractivity contribution in [2.75, 3.05) is 5.32 Å². The lowest BCUT2D eigenvalue weighted by atomic mass is 10.1. The van der Waals surface area contributed by atoms with Gasteiger partial charge in [0, 0.05) is 17.8 Å². The van der Waals surface area contributed by atoms with Gasteiger partial charge >= 0.3 is 0 Å². The number of non-ortho nitro benzene ring substituents is 2. The number of aromatic hydroxyl groups is 1.